The van der Waals surface area contributed by atoms with E-state index >= 15 is 0 Å². The quantitative estimate of drug-likeness (QED) is 0.412. The van der Waals surface area contributed by atoms with Gasteiger partial charge >= 0.3 is 4.87 Å². The number of hydrogen-bond donors (Lipinski definition) is 1. The molecule has 0 saturated heterocycles. The first kappa shape index (κ1) is 20.3. The van der Waals surface area contributed by atoms with Crippen molar-refractivity contribution in [3.8, 4) is 5.75 Å². The van der Waals surface area contributed by atoms with Crippen molar-refractivity contribution in [2.24, 2.45) is 5.10 Å². The van der Waals surface area contributed by atoms with Crippen LogP contribution in [0.2, 0.25) is 5.15 Å². The molecule has 0 radical (unpaired) electrons. The number of amides is 1. The summed E-state index contributed by atoms with van der Waals surface area (Å²) in [5.74, 6) is 0.172. The van der Waals surface area contributed by atoms with Gasteiger partial charge in [0, 0.05) is 4.47 Å². The van der Waals surface area contributed by atoms with Gasteiger partial charge in [0.2, 0.25) is 0 Å². The predicted octanol–water partition coefficient (Wildman–Crippen LogP) is 3.90. The maximum Gasteiger partial charge on any atom is 0.309 e. The number of nitrogens with zero attached hydrogens (tertiary/aromatic N) is 2. The molecule has 1 aromatic heterocycles. The number of thiazole rings is 1. The van der Waals surface area contributed by atoms with Gasteiger partial charge in [0.1, 0.15) is 10.9 Å². The molecule has 28 heavy (non-hydrogen) atoms. The van der Waals surface area contributed by atoms with Crippen LogP contribution in [-0.2, 0) is 11.3 Å². The number of ether oxygens (including phenoxy) is 1. The second-order valence-electron chi connectivity index (χ2n) is 5.63. The summed E-state index contributed by atoms with van der Waals surface area (Å²) in [7, 11) is 0. The average molecular weight is 481 g/mol. The van der Waals surface area contributed by atoms with Crippen molar-refractivity contribution in [3.05, 3.63) is 84.3 Å². The van der Waals surface area contributed by atoms with E-state index in [4.69, 9.17) is 16.3 Å². The molecule has 0 spiro atoms. The topological polar surface area (TPSA) is 72.7 Å². The monoisotopic (exact) mass is 479 g/mol. The van der Waals surface area contributed by atoms with Gasteiger partial charge in [0.05, 0.1) is 17.6 Å². The van der Waals surface area contributed by atoms with Crippen LogP contribution >= 0.6 is 38.9 Å². The molecule has 0 saturated carbocycles. The lowest BCUT2D eigenvalue weighted by atomic mass is 10.2. The molecule has 0 atom stereocenters. The molecule has 144 valence electrons. The molecule has 0 aliphatic rings. The zero-order valence-corrected chi connectivity index (χ0v) is 17.6. The van der Waals surface area contributed by atoms with Gasteiger partial charge in [-0.15, -0.1) is 0 Å². The number of para-hydroxylation sites is 1. The van der Waals surface area contributed by atoms with E-state index in [0.29, 0.717) is 17.2 Å². The lowest BCUT2D eigenvalue weighted by Crippen LogP contribution is -2.24. The molecular formula is C19H15BrClN3O3S. The van der Waals surface area contributed by atoms with Crippen molar-refractivity contribution in [2.75, 3.05) is 6.61 Å². The number of benzene rings is 2. The summed E-state index contributed by atoms with van der Waals surface area (Å²) in [6.07, 6.45) is 1.35. The predicted molar refractivity (Wildman–Crippen MR) is 115 cm³/mol. The van der Waals surface area contributed by atoms with Gasteiger partial charge < -0.3 is 4.74 Å². The molecule has 0 unspecified atom stereocenters. The van der Waals surface area contributed by atoms with Crippen molar-refractivity contribution in [2.45, 2.75) is 6.54 Å². The Morgan fingerprint density at radius 1 is 1.21 bits per heavy atom. The van der Waals surface area contributed by atoms with Gasteiger partial charge in [-0.05, 0) is 29.8 Å². The van der Waals surface area contributed by atoms with Crippen molar-refractivity contribution in [1.29, 1.82) is 0 Å². The number of hydrazone groups is 1. The van der Waals surface area contributed by atoms with Gasteiger partial charge in [-0.2, -0.15) is 5.10 Å². The van der Waals surface area contributed by atoms with E-state index in [1.165, 1.54) is 10.8 Å². The Hall–Kier alpha value is -2.42. The second-order valence-corrected chi connectivity index (χ2v) is 7.90. The van der Waals surface area contributed by atoms with Crippen LogP contribution in [0.4, 0.5) is 0 Å². The number of halogens is 2. The summed E-state index contributed by atoms with van der Waals surface area (Å²) in [6.45, 7) is 0.183. The molecule has 0 aliphatic heterocycles. The molecule has 0 bridgehead atoms. The van der Waals surface area contributed by atoms with E-state index in [2.05, 4.69) is 26.5 Å². The highest BCUT2D eigenvalue weighted by molar-refractivity contribution is 9.10. The van der Waals surface area contributed by atoms with Gasteiger partial charge in [0.25, 0.3) is 5.91 Å². The number of rotatable bonds is 7. The summed E-state index contributed by atoms with van der Waals surface area (Å²) in [4.78, 5) is 24.3. The van der Waals surface area contributed by atoms with E-state index in [-0.39, 0.29) is 16.6 Å². The number of aromatic nitrogens is 1. The Labute approximate surface area is 178 Å². The Bertz CT molecular complexity index is 1030. The smallest absolute Gasteiger partial charge is 0.309 e. The standard InChI is InChI=1S/C19H15BrClN3O3S/c20-14-8-6-13(7-9-14)11-24-18(21)16(28-19(24)26)10-22-23-17(25)12-27-15-4-2-1-3-5-15/h1-10H,11-12H2,(H,23,25)/b22-10+. The van der Waals surface area contributed by atoms with Crippen molar-refractivity contribution < 1.29 is 9.53 Å². The highest BCUT2D eigenvalue weighted by atomic mass is 79.9. The third-order valence-corrected chi connectivity index (χ3v) is 5.56. The number of hydrogen-bond acceptors (Lipinski definition) is 5. The zero-order valence-electron chi connectivity index (χ0n) is 14.5. The van der Waals surface area contributed by atoms with Crippen LogP contribution < -0.4 is 15.0 Å². The van der Waals surface area contributed by atoms with E-state index in [1.54, 1.807) is 12.1 Å². The molecule has 1 heterocycles. The van der Waals surface area contributed by atoms with Gasteiger partial charge in [-0.3, -0.25) is 14.2 Å². The van der Waals surface area contributed by atoms with Crippen molar-refractivity contribution >= 4 is 51.0 Å². The molecular weight excluding hydrogens is 466 g/mol. The summed E-state index contributed by atoms with van der Waals surface area (Å²) >= 11 is 10.6. The Morgan fingerprint density at radius 3 is 2.64 bits per heavy atom. The fourth-order valence-electron chi connectivity index (χ4n) is 2.25. The molecule has 2 aromatic carbocycles. The van der Waals surface area contributed by atoms with Gasteiger partial charge in [-0.1, -0.05) is 69.2 Å². The second kappa shape index (κ2) is 9.68. The summed E-state index contributed by atoms with van der Waals surface area (Å²) < 4.78 is 7.74. The number of carbonyl (C=O) groups is 1. The van der Waals surface area contributed by atoms with Crippen LogP contribution in [0.3, 0.4) is 0 Å². The molecule has 3 rings (SSSR count). The number of nitrogens with one attached hydrogen (secondary N) is 1. The summed E-state index contributed by atoms with van der Waals surface area (Å²) in [6, 6.07) is 16.6. The highest BCUT2D eigenvalue weighted by Gasteiger charge is 2.12. The molecule has 1 N–H and O–H groups in total. The summed E-state index contributed by atoms with van der Waals surface area (Å²) in [5, 5.41) is 4.13. The van der Waals surface area contributed by atoms with E-state index in [0.717, 1.165) is 21.4 Å². The highest BCUT2D eigenvalue weighted by Crippen LogP contribution is 2.19. The van der Waals surface area contributed by atoms with Crippen molar-refractivity contribution in [1.82, 2.24) is 9.99 Å². The van der Waals surface area contributed by atoms with Crippen LogP contribution in [0.1, 0.15) is 10.4 Å². The van der Waals surface area contributed by atoms with E-state index < -0.39 is 5.91 Å². The number of carbonyl (C=O) groups excluding carboxylic acids is 1. The largest absolute Gasteiger partial charge is 0.484 e. The SMILES string of the molecule is O=C(COc1ccccc1)N/N=C/c1sc(=O)n(Cc2ccc(Br)cc2)c1Cl. The molecule has 6 nitrogen and oxygen atoms in total. The van der Waals surface area contributed by atoms with Crippen LogP contribution in [0.15, 0.2) is 69.0 Å². The maximum absolute atomic E-state index is 12.2. The normalized spacial score (nSPS) is 10.9. The van der Waals surface area contributed by atoms with Gasteiger partial charge in [-0.25, -0.2) is 5.43 Å². The minimum atomic E-state index is -0.419. The van der Waals surface area contributed by atoms with E-state index in [1.807, 2.05) is 42.5 Å². The first-order chi connectivity index (χ1) is 13.5. The molecule has 0 fully saturated rings. The third kappa shape index (κ3) is 5.54. The zero-order chi connectivity index (χ0) is 19.9. The molecule has 0 aliphatic carbocycles. The Kier molecular flexibility index (Phi) is 7.02. The first-order valence-corrected chi connectivity index (χ1v) is 10.1. The third-order valence-electron chi connectivity index (χ3n) is 3.60. The minimum Gasteiger partial charge on any atom is -0.484 e. The fraction of sp³-hybridized carbons (Fsp3) is 0.105. The molecule has 9 heteroatoms. The Morgan fingerprint density at radius 2 is 1.93 bits per heavy atom. The first-order valence-electron chi connectivity index (χ1n) is 8.16. The lowest BCUT2D eigenvalue weighted by molar-refractivity contribution is -0.123. The van der Waals surface area contributed by atoms with Gasteiger partial charge in [0.15, 0.2) is 6.61 Å². The average Bonchev–Trinajstić information content (AvgIpc) is 2.96. The summed E-state index contributed by atoms with van der Waals surface area (Å²) in [5.41, 5.74) is 3.29. The minimum absolute atomic E-state index is 0.171. The molecule has 1 amide bonds. The van der Waals surface area contributed by atoms with Crippen LogP contribution in [-0.4, -0.2) is 23.3 Å². The Balaban J connectivity index is 1.59. The molecule has 3 aromatic rings. The maximum atomic E-state index is 12.2. The van der Waals surface area contributed by atoms with Crippen LogP contribution in [0, 0.1) is 0 Å². The van der Waals surface area contributed by atoms with Crippen LogP contribution in [0.5, 0.6) is 5.75 Å². The van der Waals surface area contributed by atoms with Crippen molar-refractivity contribution in [3.63, 3.8) is 0 Å². The van der Waals surface area contributed by atoms with E-state index in [9.17, 15) is 9.59 Å². The van der Waals surface area contributed by atoms with Crippen LogP contribution in [0.25, 0.3) is 0 Å². The lowest BCUT2D eigenvalue weighted by Gasteiger charge is -2.04. The fourth-order valence-corrected chi connectivity index (χ4v) is 3.62.